The van der Waals surface area contributed by atoms with E-state index in [0.717, 1.165) is 32.4 Å². The molecule has 0 aromatic heterocycles. The van der Waals surface area contributed by atoms with Gasteiger partial charge in [0.25, 0.3) is 0 Å². The van der Waals surface area contributed by atoms with E-state index in [1.165, 1.54) is 38.5 Å². The van der Waals surface area contributed by atoms with E-state index >= 15 is 0 Å². The van der Waals surface area contributed by atoms with Gasteiger partial charge in [-0.25, -0.2) is 5.01 Å². The summed E-state index contributed by atoms with van der Waals surface area (Å²) in [5, 5.41) is 2.11. The zero-order chi connectivity index (χ0) is 14.3. The van der Waals surface area contributed by atoms with Crippen molar-refractivity contribution in [1.29, 1.82) is 0 Å². The van der Waals surface area contributed by atoms with Crippen LogP contribution in [0.15, 0.2) is 0 Å². The van der Waals surface area contributed by atoms with Gasteiger partial charge in [0.05, 0.1) is 0 Å². The normalized spacial score (nSPS) is 10.9. The molecule has 3 nitrogen and oxygen atoms in total. The maximum atomic E-state index is 11.9. The predicted molar refractivity (Wildman–Crippen MR) is 82.9 cm³/mol. The Kier molecular flexibility index (Phi) is 13.4. The van der Waals surface area contributed by atoms with Gasteiger partial charge in [-0.3, -0.25) is 10.2 Å². The number of carbonyl (C=O) groups is 1. The Morgan fingerprint density at radius 2 is 1.32 bits per heavy atom. The van der Waals surface area contributed by atoms with Crippen LogP contribution in [0.2, 0.25) is 0 Å². The minimum atomic E-state index is 0.198. The van der Waals surface area contributed by atoms with Gasteiger partial charge >= 0.3 is 0 Å². The predicted octanol–water partition coefficient (Wildman–Crippen LogP) is 4.28. The Hall–Kier alpha value is -0.570. The third kappa shape index (κ3) is 12.2. The van der Waals surface area contributed by atoms with E-state index in [1.807, 2.05) is 0 Å². The summed E-state index contributed by atoms with van der Waals surface area (Å²) in [6.07, 6.45) is 11.4. The second kappa shape index (κ2) is 13.9. The SMILES string of the molecule is CCCCCCCC(=O)NN(CCCC)CCCC. The van der Waals surface area contributed by atoms with Crippen molar-refractivity contribution in [3.63, 3.8) is 0 Å². The number of unbranched alkanes of at least 4 members (excludes halogenated alkanes) is 6. The van der Waals surface area contributed by atoms with E-state index < -0.39 is 0 Å². The Morgan fingerprint density at radius 1 is 0.789 bits per heavy atom. The van der Waals surface area contributed by atoms with Gasteiger partial charge in [0.15, 0.2) is 0 Å². The number of rotatable bonds is 13. The molecule has 0 saturated heterocycles. The second-order valence-corrected chi connectivity index (χ2v) is 5.39. The van der Waals surface area contributed by atoms with Gasteiger partial charge in [-0.2, -0.15) is 0 Å². The highest BCUT2D eigenvalue weighted by molar-refractivity contribution is 5.75. The molecule has 0 aromatic rings. The number of nitrogens with zero attached hydrogens (tertiary/aromatic N) is 1. The fourth-order valence-corrected chi connectivity index (χ4v) is 2.04. The summed E-state index contributed by atoms with van der Waals surface area (Å²) in [7, 11) is 0. The van der Waals surface area contributed by atoms with Crippen molar-refractivity contribution in [2.24, 2.45) is 0 Å². The molecule has 0 unspecified atom stereocenters. The number of carbonyl (C=O) groups excluding carboxylic acids is 1. The highest BCUT2D eigenvalue weighted by Gasteiger charge is 2.08. The van der Waals surface area contributed by atoms with E-state index in [-0.39, 0.29) is 5.91 Å². The van der Waals surface area contributed by atoms with Crippen LogP contribution in [0.1, 0.15) is 85.0 Å². The summed E-state index contributed by atoms with van der Waals surface area (Å²) in [6.45, 7) is 8.56. The van der Waals surface area contributed by atoms with Crippen molar-refractivity contribution in [3.8, 4) is 0 Å². The van der Waals surface area contributed by atoms with E-state index in [0.29, 0.717) is 6.42 Å². The maximum Gasteiger partial charge on any atom is 0.234 e. The van der Waals surface area contributed by atoms with Crippen LogP contribution in [0.4, 0.5) is 0 Å². The molecule has 114 valence electrons. The molecule has 0 spiro atoms. The topological polar surface area (TPSA) is 32.3 Å². The van der Waals surface area contributed by atoms with Crippen molar-refractivity contribution in [3.05, 3.63) is 0 Å². The summed E-state index contributed by atoms with van der Waals surface area (Å²) in [5.41, 5.74) is 3.07. The lowest BCUT2D eigenvalue weighted by Gasteiger charge is -2.22. The van der Waals surface area contributed by atoms with E-state index in [2.05, 4.69) is 31.2 Å². The molecular weight excluding hydrogens is 236 g/mol. The molecule has 0 aliphatic heterocycles. The molecule has 0 radical (unpaired) electrons. The summed E-state index contributed by atoms with van der Waals surface area (Å²) >= 11 is 0. The molecule has 0 heterocycles. The molecule has 1 N–H and O–H groups in total. The average molecular weight is 270 g/mol. The first-order valence-electron chi connectivity index (χ1n) is 8.29. The summed E-state index contributed by atoms with van der Waals surface area (Å²) in [4.78, 5) is 11.9. The Bertz CT molecular complexity index is 199. The first-order chi connectivity index (χ1) is 9.24. The van der Waals surface area contributed by atoms with Crippen LogP contribution in [0, 0.1) is 0 Å². The Morgan fingerprint density at radius 3 is 1.84 bits per heavy atom. The molecule has 3 heteroatoms. The van der Waals surface area contributed by atoms with Crippen LogP contribution >= 0.6 is 0 Å². The van der Waals surface area contributed by atoms with Gasteiger partial charge in [0.1, 0.15) is 0 Å². The fraction of sp³-hybridized carbons (Fsp3) is 0.938. The van der Waals surface area contributed by atoms with Crippen molar-refractivity contribution in [1.82, 2.24) is 10.4 Å². The monoisotopic (exact) mass is 270 g/mol. The van der Waals surface area contributed by atoms with Crippen LogP contribution in [0.5, 0.6) is 0 Å². The van der Waals surface area contributed by atoms with Crippen LogP contribution in [0.3, 0.4) is 0 Å². The van der Waals surface area contributed by atoms with E-state index in [4.69, 9.17) is 0 Å². The quantitative estimate of drug-likeness (QED) is 0.400. The first kappa shape index (κ1) is 18.4. The van der Waals surface area contributed by atoms with Crippen molar-refractivity contribution >= 4 is 5.91 Å². The molecule has 0 fully saturated rings. The third-order valence-corrected chi connectivity index (χ3v) is 3.35. The van der Waals surface area contributed by atoms with Gasteiger partial charge in [0.2, 0.25) is 5.91 Å². The van der Waals surface area contributed by atoms with Crippen LogP contribution in [-0.4, -0.2) is 24.0 Å². The standard InChI is InChI=1S/C16H34N2O/c1-4-7-10-11-12-13-16(19)17-18(14-8-5-2)15-9-6-3/h4-15H2,1-3H3,(H,17,19). The smallest absolute Gasteiger partial charge is 0.234 e. The molecule has 0 bridgehead atoms. The summed E-state index contributed by atoms with van der Waals surface area (Å²) in [6, 6.07) is 0. The Balaban J connectivity index is 3.74. The zero-order valence-electron chi connectivity index (χ0n) is 13.3. The molecule has 0 atom stereocenters. The molecule has 0 aliphatic carbocycles. The second-order valence-electron chi connectivity index (χ2n) is 5.39. The molecule has 0 saturated carbocycles. The van der Waals surface area contributed by atoms with Gasteiger partial charge in [-0.15, -0.1) is 0 Å². The number of amides is 1. The van der Waals surface area contributed by atoms with Gasteiger partial charge in [-0.05, 0) is 19.3 Å². The number of nitrogens with one attached hydrogen (secondary N) is 1. The lowest BCUT2D eigenvalue weighted by molar-refractivity contribution is -0.126. The van der Waals surface area contributed by atoms with Crippen LogP contribution < -0.4 is 5.43 Å². The summed E-state index contributed by atoms with van der Waals surface area (Å²) in [5.74, 6) is 0.198. The molecular formula is C16H34N2O. The van der Waals surface area contributed by atoms with Gasteiger partial charge in [0, 0.05) is 19.5 Å². The lowest BCUT2D eigenvalue weighted by Crippen LogP contribution is -2.43. The third-order valence-electron chi connectivity index (χ3n) is 3.35. The maximum absolute atomic E-state index is 11.9. The van der Waals surface area contributed by atoms with E-state index in [1.54, 1.807) is 0 Å². The first-order valence-corrected chi connectivity index (χ1v) is 8.29. The molecule has 0 aliphatic rings. The highest BCUT2D eigenvalue weighted by atomic mass is 16.2. The highest BCUT2D eigenvalue weighted by Crippen LogP contribution is 2.05. The van der Waals surface area contributed by atoms with Crippen LogP contribution in [0.25, 0.3) is 0 Å². The fourth-order valence-electron chi connectivity index (χ4n) is 2.04. The van der Waals surface area contributed by atoms with E-state index in [9.17, 15) is 4.79 Å². The largest absolute Gasteiger partial charge is 0.289 e. The minimum absolute atomic E-state index is 0.198. The molecule has 19 heavy (non-hydrogen) atoms. The number of hydrogen-bond donors (Lipinski definition) is 1. The van der Waals surface area contributed by atoms with Gasteiger partial charge in [-0.1, -0.05) is 59.3 Å². The molecule has 1 amide bonds. The number of hydrazine groups is 1. The molecule has 0 aromatic carbocycles. The van der Waals surface area contributed by atoms with Crippen molar-refractivity contribution in [2.75, 3.05) is 13.1 Å². The Labute approximate surface area is 120 Å². The number of hydrogen-bond acceptors (Lipinski definition) is 2. The summed E-state index contributed by atoms with van der Waals surface area (Å²) < 4.78 is 0. The van der Waals surface area contributed by atoms with Gasteiger partial charge < -0.3 is 0 Å². The lowest BCUT2D eigenvalue weighted by atomic mass is 10.1. The molecule has 0 rings (SSSR count). The zero-order valence-corrected chi connectivity index (χ0v) is 13.3. The minimum Gasteiger partial charge on any atom is -0.289 e. The van der Waals surface area contributed by atoms with Crippen LogP contribution in [-0.2, 0) is 4.79 Å². The van der Waals surface area contributed by atoms with Crippen molar-refractivity contribution in [2.45, 2.75) is 85.0 Å². The van der Waals surface area contributed by atoms with Crippen molar-refractivity contribution < 1.29 is 4.79 Å². The average Bonchev–Trinajstić information content (AvgIpc) is 2.41.